The number of amides is 2. The Morgan fingerprint density at radius 1 is 1.19 bits per heavy atom. The van der Waals surface area contributed by atoms with Gasteiger partial charge in [-0.05, 0) is 55.0 Å². The maximum atomic E-state index is 14.2. The summed E-state index contributed by atoms with van der Waals surface area (Å²) in [6.45, 7) is 4.36. The molecule has 2 aromatic carbocycles. The second-order valence-electron chi connectivity index (χ2n) is 7.55. The van der Waals surface area contributed by atoms with Crippen LogP contribution < -0.4 is 25.6 Å². The molecule has 0 aliphatic carbocycles. The number of carbonyl (C=O) groups is 2. The van der Waals surface area contributed by atoms with E-state index in [-0.39, 0.29) is 17.5 Å². The number of halogens is 2. The minimum Gasteiger partial charge on any atom is -0.497 e. The van der Waals surface area contributed by atoms with Crippen molar-refractivity contribution in [1.82, 2.24) is 15.3 Å². The molecule has 3 rings (SSSR count). The van der Waals surface area contributed by atoms with Crippen LogP contribution in [-0.2, 0) is 4.79 Å². The van der Waals surface area contributed by atoms with Crippen LogP contribution in [0.4, 0.5) is 27.5 Å². The Hall–Kier alpha value is -4.18. The number of likely N-dealkylation sites (N-methyl/N-ethyl adjacent to an activating group) is 1. The summed E-state index contributed by atoms with van der Waals surface area (Å²) in [5.74, 6) is 0.128. The number of ether oxygens (including phenoxy) is 1. The van der Waals surface area contributed by atoms with Crippen LogP contribution in [0.25, 0.3) is 0 Å². The molecule has 188 valence electrons. The van der Waals surface area contributed by atoms with E-state index in [0.717, 1.165) is 11.0 Å². The van der Waals surface area contributed by atoms with Gasteiger partial charge in [0.05, 0.1) is 19.0 Å². The van der Waals surface area contributed by atoms with Crippen LogP contribution in [0.1, 0.15) is 16.8 Å². The van der Waals surface area contributed by atoms with Gasteiger partial charge in [-0.3, -0.25) is 9.59 Å². The van der Waals surface area contributed by atoms with Crippen molar-refractivity contribution >= 4 is 46.6 Å². The fourth-order valence-corrected chi connectivity index (χ4v) is 3.28. The van der Waals surface area contributed by atoms with Gasteiger partial charge in [0.25, 0.3) is 5.91 Å². The van der Waals surface area contributed by atoms with Gasteiger partial charge >= 0.3 is 0 Å². The molecule has 0 aliphatic heterocycles. The van der Waals surface area contributed by atoms with E-state index < -0.39 is 11.7 Å². The molecule has 1 heterocycles. The van der Waals surface area contributed by atoms with Gasteiger partial charge in [0.1, 0.15) is 22.4 Å². The zero-order chi connectivity index (χ0) is 26.1. The van der Waals surface area contributed by atoms with Gasteiger partial charge in [0, 0.05) is 31.4 Å². The quantitative estimate of drug-likeness (QED) is 0.258. The molecule has 0 fully saturated rings. The fourth-order valence-electron chi connectivity index (χ4n) is 3.13. The maximum absolute atomic E-state index is 14.2. The Morgan fingerprint density at radius 3 is 2.64 bits per heavy atom. The van der Waals surface area contributed by atoms with Gasteiger partial charge in [-0.1, -0.05) is 18.2 Å². The number of rotatable bonds is 11. The number of carbonyl (C=O) groups excluding carboxylic acids is 2. The van der Waals surface area contributed by atoms with Gasteiger partial charge in [-0.25, -0.2) is 9.37 Å². The summed E-state index contributed by atoms with van der Waals surface area (Å²) < 4.78 is 19.3. The lowest BCUT2D eigenvalue weighted by Gasteiger charge is -2.17. The lowest BCUT2D eigenvalue weighted by Crippen LogP contribution is -2.25. The molecule has 0 unspecified atom stereocenters. The van der Waals surface area contributed by atoms with Crippen molar-refractivity contribution in [3.05, 3.63) is 77.7 Å². The topological polar surface area (TPSA) is 108 Å². The summed E-state index contributed by atoms with van der Waals surface area (Å²) in [6.07, 6.45) is 3.16. The van der Waals surface area contributed by atoms with Crippen molar-refractivity contribution in [2.75, 3.05) is 42.8 Å². The molecule has 1 aromatic heterocycles. The molecule has 0 saturated heterocycles. The summed E-state index contributed by atoms with van der Waals surface area (Å²) in [7, 11) is 3.02. The number of aromatic nitrogens is 2. The average Bonchev–Trinajstić information content (AvgIpc) is 2.90. The number of anilines is 4. The van der Waals surface area contributed by atoms with Crippen LogP contribution in [0.5, 0.6) is 5.75 Å². The first-order valence-electron chi connectivity index (χ1n) is 11.0. The Labute approximate surface area is 213 Å². The van der Waals surface area contributed by atoms with Crippen molar-refractivity contribution in [3.63, 3.8) is 0 Å². The van der Waals surface area contributed by atoms with E-state index >= 15 is 0 Å². The summed E-state index contributed by atoms with van der Waals surface area (Å²) in [4.78, 5) is 33.7. The third kappa shape index (κ3) is 6.92. The first-order valence-corrected chi connectivity index (χ1v) is 11.4. The SMILES string of the molecule is C=CC(=O)N(C)c1cc(Nc2ncc(Cl)c(NCCCNC(=O)c3ccc(OC)cc3)n2)ccc1F. The molecule has 9 nitrogen and oxygen atoms in total. The summed E-state index contributed by atoms with van der Waals surface area (Å²) >= 11 is 6.21. The van der Waals surface area contributed by atoms with Gasteiger partial charge in [-0.2, -0.15) is 4.98 Å². The van der Waals surface area contributed by atoms with Crippen molar-refractivity contribution in [2.45, 2.75) is 6.42 Å². The standard InChI is InChI=1S/C25H26ClFN6O3/c1-4-22(34)33(2)21-14-17(8-11-20(21)27)31-25-30-15-19(26)23(32-25)28-12-5-13-29-24(35)16-6-9-18(36-3)10-7-16/h4,6-11,14-15H,1,5,12-13H2,2-3H3,(H,29,35)(H2,28,30,31,32). The normalized spacial score (nSPS) is 10.3. The molecular formula is C25H26ClFN6O3. The summed E-state index contributed by atoms with van der Waals surface area (Å²) in [5.41, 5.74) is 1.10. The van der Waals surface area contributed by atoms with Crippen LogP contribution >= 0.6 is 11.6 Å². The van der Waals surface area contributed by atoms with Crippen LogP contribution in [0, 0.1) is 5.82 Å². The van der Waals surface area contributed by atoms with Crippen LogP contribution in [-0.4, -0.2) is 49.0 Å². The van der Waals surface area contributed by atoms with Crippen molar-refractivity contribution in [1.29, 1.82) is 0 Å². The molecule has 36 heavy (non-hydrogen) atoms. The molecule has 0 aliphatic rings. The van der Waals surface area contributed by atoms with E-state index in [1.54, 1.807) is 31.4 Å². The molecule has 0 saturated carbocycles. The first kappa shape index (κ1) is 26.4. The highest BCUT2D eigenvalue weighted by Crippen LogP contribution is 2.26. The first-order chi connectivity index (χ1) is 17.3. The van der Waals surface area contributed by atoms with Crippen molar-refractivity contribution in [2.24, 2.45) is 0 Å². The van der Waals surface area contributed by atoms with Crippen molar-refractivity contribution in [3.8, 4) is 5.75 Å². The van der Waals surface area contributed by atoms with E-state index in [1.807, 2.05) is 0 Å². The number of hydrogen-bond acceptors (Lipinski definition) is 7. The zero-order valence-electron chi connectivity index (χ0n) is 19.8. The minimum absolute atomic E-state index is 0.0777. The monoisotopic (exact) mass is 512 g/mol. The predicted octanol–water partition coefficient (Wildman–Crippen LogP) is 4.40. The maximum Gasteiger partial charge on any atom is 0.251 e. The highest BCUT2D eigenvalue weighted by Gasteiger charge is 2.14. The molecule has 0 atom stereocenters. The van der Waals surface area contributed by atoms with E-state index in [1.165, 1.54) is 31.4 Å². The molecular weight excluding hydrogens is 487 g/mol. The lowest BCUT2D eigenvalue weighted by atomic mass is 10.2. The molecule has 11 heteroatoms. The molecule has 3 aromatic rings. The Kier molecular flexibility index (Phi) is 9.18. The van der Waals surface area contributed by atoms with Crippen LogP contribution in [0.3, 0.4) is 0 Å². The van der Waals surface area contributed by atoms with Gasteiger partial charge in [0.2, 0.25) is 11.9 Å². The smallest absolute Gasteiger partial charge is 0.251 e. The Morgan fingerprint density at radius 2 is 1.94 bits per heavy atom. The fraction of sp³-hybridized carbons (Fsp3) is 0.200. The summed E-state index contributed by atoms with van der Waals surface area (Å²) in [5, 5.41) is 9.26. The van der Waals surface area contributed by atoms with E-state index in [4.69, 9.17) is 16.3 Å². The molecule has 2 amide bonds. The van der Waals surface area contributed by atoms with Gasteiger partial charge < -0.3 is 25.6 Å². The Bertz CT molecular complexity index is 1240. The third-order valence-electron chi connectivity index (χ3n) is 5.10. The Balaban J connectivity index is 1.55. The number of benzene rings is 2. The highest BCUT2D eigenvalue weighted by molar-refractivity contribution is 6.32. The number of methoxy groups -OCH3 is 1. The molecule has 0 spiro atoms. The van der Waals surface area contributed by atoms with E-state index in [2.05, 4.69) is 32.5 Å². The number of hydrogen-bond donors (Lipinski definition) is 3. The minimum atomic E-state index is -0.559. The molecule has 3 N–H and O–H groups in total. The zero-order valence-corrected chi connectivity index (χ0v) is 20.6. The number of nitrogens with one attached hydrogen (secondary N) is 3. The molecule has 0 bridgehead atoms. The average molecular weight is 513 g/mol. The second kappa shape index (κ2) is 12.5. The highest BCUT2D eigenvalue weighted by atomic mass is 35.5. The van der Waals surface area contributed by atoms with E-state index in [0.29, 0.717) is 47.4 Å². The largest absolute Gasteiger partial charge is 0.497 e. The third-order valence-corrected chi connectivity index (χ3v) is 5.37. The summed E-state index contributed by atoms with van der Waals surface area (Å²) in [6, 6.07) is 11.0. The van der Waals surface area contributed by atoms with Crippen LogP contribution in [0.2, 0.25) is 5.02 Å². The number of nitrogens with zero attached hydrogens (tertiary/aromatic N) is 3. The predicted molar refractivity (Wildman–Crippen MR) is 139 cm³/mol. The van der Waals surface area contributed by atoms with E-state index in [9.17, 15) is 14.0 Å². The second-order valence-corrected chi connectivity index (χ2v) is 7.95. The van der Waals surface area contributed by atoms with Crippen LogP contribution in [0.15, 0.2) is 61.3 Å². The van der Waals surface area contributed by atoms with Crippen molar-refractivity contribution < 1.29 is 18.7 Å². The lowest BCUT2D eigenvalue weighted by molar-refractivity contribution is -0.113. The van der Waals surface area contributed by atoms with Gasteiger partial charge in [0.15, 0.2) is 0 Å². The van der Waals surface area contributed by atoms with Gasteiger partial charge in [-0.15, -0.1) is 0 Å². The molecule has 0 radical (unpaired) electrons.